The summed E-state index contributed by atoms with van der Waals surface area (Å²) in [6.45, 7) is 7.95. The van der Waals surface area contributed by atoms with E-state index in [1.165, 1.54) is 0 Å². The topological polar surface area (TPSA) is 79.9 Å². The summed E-state index contributed by atoms with van der Waals surface area (Å²) >= 11 is 0. The Balaban J connectivity index is 1.63. The van der Waals surface area contributed by atoms with E-state index >= 15 is 0 Å². The van der Waals surface area contributed by atoms with Crippen LogP contribution in [0.2, 0.25) is 0 Å². The minimum atomic E-state index is -0.459. The van der Waals surface area contributed by atoms with Gasteiger partial charge in [0.2, 0.25) is 5.91 Å². The molecule has 3 rings (SSSR count). The zero-order chi connectivity index (χ0) is 19.4. The van der Waals surface area contributed by atoms with Crippen LogP contribution >= 0.6 is 0 Å². The van der Waals surface area contributed by atoms with E-state index in [9.17, 15) is 9.59 Å². The summed E-state index contributed by atoms with van der Waals surface area (Å²) in [4.78, 5) is 26.3. The first-order valence-corrected chi connectivity index (χ1v) is 9.57. The monoisotopic (exact) mass is 375 g/mol. The number of carbonyl (C=O) groups excluding carboxylic acids is 2. The summed E-state index contributed by atoms with van der Waals surface area (Å²) in [5.41, 5.74) is 0.730. The Morgan fingerprint density at radius 2 is 1.89 bits per heavy atom. The normalized spacial score (nSPS) is 20.0. The van der Waals surface area contributed by atoms with Crippen molar-refractivity contribution in [2.45, 2.75) is 51.6 Å². The summed E-state index contributed by atoms with van der Waals surface area (Å²) in [5.74, 6) is 1.25. The second kappa shape index (κ2) is 8.17. The van der Waals surface area contributed by atoms with Crippen LogP contribution in [0, 0.1) is 0 Å². The minimum Gasteiger partial charge on any atom is -0.490 e. The highest BCUT2D eigenvalue weighted by atomic mass is 16.5. The molecule has 0 saturated carbocycles. The lowest BCUT2D eigenvalue weighted by atomic mass is 10.0. The maximum Gasteiger partial charge on any atom is 0.321 e. The van der Waals surface area contributed by atoms with Gasteiger partial charge in [-0.2, -0.15) is 0 Å². The van der Waals surface area contributed by atoms with Crippen LogP contribution in [0.4, 0.5) is 4.79 Å². The first-order chi connectivity index (χ1) is 12.8. The number of urea groups is 1. The van der Waals surface area contributed by atoms with Gasteiger partial charge < -0.3 is 14.8 Å². The van der Waals surface area contributed by atoms with E-state index in [0.29, 0.717) is 13.2 Å². The van der Waals surface area contributed by atoms with Gasteiger partial charge in [-0.05, 0) is 57.9 Å². The molecule has 1 saturated heterocycles. The van der Waals surface area contributed by atoms with Crippen molar-refractivity contribution in [3.63, 3.8) is 0 Å². The summed E-state index contributed by atoms with van der Waals surface area (Å²) < 4.78 is 11.5. The molecule has 0 unspecified atom stereocenters. The molecule has 0 aromatic heterocycles. The number of fused-ring (bicyclic) bond motifs is 1. The maximum atomic E-state index is 12.3. The highest BCUT2D eigenvalue weighted by Gasteiger charge is 2.29. The molecule has 2 aliphatic rings. The van der Waals surface area contributed by atoms with Crippen LogP contribution in [0.1, 0.15) is 51.6 Å². The second-order valence-electron chi connectivity index (χ2n) is 8.14. The van der Waals surface area contributed by atoms with Crippen molar-refractivity contribution in [1.29, 1.82) is 0 Å². The van der Waals surface area contributed by atoms with Gasteiger partial charge in [-0.3, -0.25) is 15.0 Å². The lowest BCUT2D eigenvalue weighted by Crippen LogP contribution is -2.50. The second-order valence-corrected chi connectivity index (χ2v) is 8.14. The van der Waals surface area contributed by atoms with E-state index in [2.05, 4.69) is 15.5 Å². The molecule has 2 heterocycles. The van der Waals surface area contributed by atoms with E-state index in [-0.39, 0.29) is 24.0 Å². The van der Waals surface area contributed by atoms with Gasteiger partial charge >= 0.3 is 6.03 Å². The lowest BCUT2D eigenvalue weighted by Gasteiger charge is -2.25. The van der Waals surface area contributed by atoms with Gasteiger partial charge in [0, 0.05) is 18.0 Å². The smallest absolute Gasteiger partial charge is 0.321 e. The van der Waals surface area contributed by atoms with Crippen molar-refractivity contribution in [1.82, 2.24) is 15.5 Å². The van der Waals surface area contributed by atoms with Gasteiger partial charge in [0.15, 0.2) is 11.5 Å². The molecule has 7 heteroatoms. The Labute approximate surface area is 160 Å². The Morgan fingerprint density at radius 1 is 1.15 bits per heavy atom. The predicted molar refractivity (Wildman–Crippen MR) is 102 cm³/mol. The fraction of sp³-hybridized carbons (Fsp3) is 0.600. The van der Waals surface area contributed by atoms with Crippen LogP contribution in [0.15, 0.2) is 18.2 Å². The SMILES string of the molecule is CC(C)(C)NC(=O)NC(=O)CN1CCC[C@H]1c1ccc2c(c1)OCCCO2. The van der Waals surface area contributed by atoms with Crippen LogP contribution in [-0.2, 0) is 4.79 Å². The summed E-state index contributed by atoms with van der Waals surface area (Å²) in [6, 6.07) is 5.69. The number of rotatable bonds is 3. The highest BCUT2D eigenvalue weighted by molar-refractivity contribution is 5.95. The number of benzene rings is 1. The first kappa shape index (κ1) is 19.5. The van der Waals surface area contributed by atoms with Gasteiger partial charge in [0.05, 0.1) is 19.8 Å². The number of hydrogen-bond acceptors (Lipinski definition) is 5. The van der Waals surface area contributed by atoms with Crippen LogP contribution < -0.4 is 20.1 Å². The quantitative estimate of drug-likeness (QED) is 0.849. The number of imide groups is 1. The van der Waals surface area contributed by atoms with Crippen LogP contribution in [0.25, 0.3) is 0 Å². The summed E-state index contributed by atoms with van der Waals surface area (Å²) in [6.07, 6.45) is 2.86. The van der Waals surface area contributed by atoms with Gasteiger partial charge in [-0.15, -0.1) is 0 Å². The van der Waals surface area contributed by atoms with Crippen molar-refractivity contribution in [3.8, 4) is 11.5 Å². The number of nitrogens with one attached hydrogen (secondary N) is 2. The average Bonchev–Trinajstić information content (AvgIpc) is 2.88. The van der Waals surface area contributed by atoms with E-state index in [4.69, 9.17) is 9.47 Å². The van der Waals surface area contributed by atoms with E-state index in [0.717, 1.165) is 42.9 Å². The van der Waals surface area contributed by atoms with E-state index < -0.39 is 6.03 Å². The number of carbonyl (C=O) groups is 2. The van der Waals surface area contributed by atoms with Gasteiger partial charge in [0.1, 0.15) is 0 Å². The molecule has 1 fully saturated rings. The van der Waals surface area contributed by atoms with Gasteiger partial charge in [-0.1, -0.05) is 6.07 Å². The molecule has 1 aromatic carbocycles. The van der Waals surface area contributed by atoms with Crippen molar-refractivity contribution in [3.05, 3.63) is 23.8 Å². The number of likely N-dealkylation sites (tertiary alicyclic amines) is 1. The van der Waals surface area contributed by atoms with E-state index in [1.54, 1.807) is 0 Å². The molecule has 27 heavy (non-hydrogen) atoms. The van der Waals surface area contributed by atoms with Crippen LogP contribution in [-0.4, -0.2) is 48.7 Å². The molecular weight excluding hydrogens is 346 g/mol. The number of amides is 3. The van der Waals surface area contributed by atoms with Crippen molar-refractivity contribution < 1.29 is 19.1 Å². The van der Waals surface area contributed by atoms with Crippen molar-refractivity contribution >= 4 is 11.9 Å². The zero-order valence-electron chi connectivity index (χ0n) is 16.3. The fourth-order valence-corrected chi connectivity index (χ4v) is 3.50. The van der Waals surface area contributed by atoms with Crippen LogP contribution in [0.5, 0.6) is 11.5 Å². The Bertz CT molecular complexity index is 699. The minimum absolute atomic E-state index is 0.138. The molecule has 0 aliphatic carbocycles. The molecular formula is C20H29N3O4. The molecule has 1 aromatic rings. The van der Waals surface area contributed by atoms with Crippen molar-refractivity contribution in [2.24, 2.45) is 0 Å². The number of nitrogens with zero attached hydrogens (tertiary/aromatic N) is 1. The first-order valence-electron chi connectivity index (χ1n) is 9.57. The zero-order valence-corrected chi connectivity index (χ0v) is 16.3. The summed E-state index contributed by atoms with van der Waals surface area (Å²) in [5, 5.41) is 5.16. The third kappa shape index (κ3) is 5.35. The molecule has 148 valence electrons. The summed E-state index contributed by atoms with van der Waals surface area (Å²) in [7, 11) is 0. The molecule has 2 N–H and O–H groups in total. The number of hydrogen-bond donors (Lipinski definition) is 2. The molecule has 0 bridgehead atoms. The highest BCUT2D eigenvalue weighted by Crippen LogP contribution is 2.37. The third-order valence-corrected chi connectivity index (χ3v) is 4.61. The molecule has 0 spiro atoms. The fourth-order valence-electron chi connectivity index (χ4n) is 3.50. The standard InChI is InChI=1S/C20H29N3O4/c1-20(2,3)22-19(25)21-18(24)13-23-9-4-6-15(23)14-7-8-16-17(12-14)27-11-5-10-26-16/h7-8,12,15H,4-6,9-11,13H2,1-3H3,(H2,21,22,24,25)/t15-/m0/s1. The molecule has 1 atom stereocenters. The van der Waals surface area contributed by atoms with Crippen LogP contribution in [0.3, 0.4) is 0 Å². The largest absolute Gasteiger partial charge is 0.490 e. The third-order valence-electron chi connectivity index (χ3n) is 4.61. The van der Waals surface area contributed by atoms with E-state index in [1.807, 2.05) is 39.0 Å². The number of ether oxygens (including phenoxy) is 2. The van der Waals surface area contributed by atoms with Crippen molar-refractivity contribution in [2.75, 3.05) is 26.3 Å². The average molecular weight is 375 g/mol. The molecule has 7 nitrogen and oxygen atoms in total. The lowest BCUT2D eigenvalue weighted by molar-refractivity contribution is -0.121. The Kier molecular flexibility index (Phi) is 5.89. The van der Waals surface area contributed by atoms with Gasteiger partial charge in [0.25, 0.3) is 0 Å². The Morgan fingerprint density at radius 3 is 2.63 bits per heavy atom. The van der Waals surface area contributed by atoms with Gasteiger partial charge in [-0.25, -0.2) is 4.79 Å². The molecule has 0 radical (unpaired) electrons. The predicted octanol–water partition coefficient (Wildman–Crippen LogP) is 2.61. The molecule has 2 aliphatic heterocycles. The maximum absolute atomic E-state index is 12.3. The molecule has 3 amide bonds. The Hall–Kier alpha value is -2.28.